The Morgan fingerprint density at radius 1 is 0.269 bits per heavy atom. The van der Waals surface area contributed by atoms with E-state index in [0.29, 0.717) is 25.7 Å². The highest BCUT2D eigenvalue weighted by Gasteiger charge is 2.11. The van der Waals surface area contributed by atoms with E-state index in [1.807, 2.05) is 0 Å². The Bertz CT molecular complexity index is 767. The van der Waals surface area contributed by atoms with Crippen LogP contribution >= 0.6 is 0 Å². The highest BCUT2D eigenvalue weighted by molar-refractivity contribution is 5.85. The monoisotopic (exact) mass is 735 g/mol. The molecule has 0 aromatic carbocycles. The second-order valence-electron chi connectivity index (χ2n) is 16.7. The average Bonchev–Trinajstić information content (AvgIpc) is 3.09. The molecule has 0 saturated carbocycles. The zero-order valence-corrected chi connectivity index (χ0v) is 35.1. The number of rotatable bonds is 39. The number of hydrogen-bond acceptors (Lipinski definition) is 6. The summed E-state index contributed by atoms with van der Waals surface area (Å²) in [6, 6.07) is 0. The molecule has 0 heterocycles. The van der Waals surface area contributed by atoms with Crippen molar-refractivity contribution < 1.29 is 28.7 Å². The van der Waals surface area contributed by atoms with E-state index in [-0.39, 0.29) is 12.8 Å². The van der Waals surface area contributed by atoms with Crippen LogP contribution in [-0.4, -0.2) is 23.9 Å². The largest absolute Gasteiger partial charge is 0.393 e. The number of hydrogen-bond donors (Lipinski definition) is 0. The van der Waals surface area contributed by atoms with Gasteiger partial charge in [0.05, 0.1) is 0 Å². The third-order valence-corrected chi connectivity index (χ3v) is 10.3. The maximum absolute atomic E-state index is 12.0. The second-order valence-corrected chi connectivity index (χ2v) is 16.7. The lowest BCUT2D eigenvalue weighted by Crippen LogP contribution is -2.12. The van der Waals surface area contributed by atoms with Gasteiger partial charge in [-0.05, 0) is 37.5 Å². The van der Waals surface area contributed by atoms with E-state index < -0.39 is 23.9 Å². The van der Waals surface area contributed by atoms with Gasteiger partial charge in [-0.2, -0.15) is 0 Å². The zero-order valence-electron chi connectivity index (χ0n) is 35.1. The molecule has 0 amide bonds. The number of carbonyl (C=O) groups excluding carboxylic acids is 4. The molecule has 0 spiro atoms. The molecule has 0 N–H and O–H groups in total. The van der Waals surface area contributed by atoms with Crippen LogP contribution in [0.3, 0.4) is 0 Å². The van der Waals surface area contributed by atoms with Crippen LogP contribution in [0.2, 0.25) is 0 Å². The molecule has 306 valence electrons. The lowest BCUT2D eigenvalue weighted by atomic mass is 10.0. The molecule has 0 rings (SSSR count). The van der Waals surface area contributed by atoms with Crippen molar-refractivity contribution >= 4 is 23.9 Å². The molecule has 0 unspecified atom stereocenters. The van der Waals surface area contributed by atoms with Crippen molar-refractivity contribution in [3.8, 4) is 0 Å². The van der Waals surface area contributed by atoms with Crippen LogP contribution in [0.25, 0.3) is 0 Å². The molecule has 6 nitrogen and oxygen atoms in total. The van der Waals surface area contributed by atoms with Gasteiger partial charge in [0.15, 0.2) is 0 Å². The molecule has 0 radical (unpaired) electrons. The predicted octanol–water partition coefficient (Wildman–Crippen LogP) is 14.5. The normalized spacial score (nSPS) is 11.4. The smallest absolute Gasteiger partial charge is 0.313 e. The molecule has 0 bridgehead atoms. The standard InChI is InChI=1S/C46H86O6/c1-41(2)35-29-23-17-13-9-5-7-11-15-19-25-31-37-43(47)51-45(49)39-33-27-21-22-28-34-40-46(50)52-44(48)38-32-26-20-16-12-8-6-10-14-18-24-30-36-42(3)4/h41-42H,5-40H2,1-4H3. The topological polar surface area (TPSA) is 86.7 Å². The van der Waals surface area contributed by atoms with Crippen LogP contribution in [0.1, 0.15) is 259 Å². The van der Waals surface area contributed by atoms with Gasteiger partial charge in [0.1, 0.15) is 0 Å². The van der Waals surface area contributed by atoms with Gasteiger partial charge in [0, 0.05) is 25.7 Å². The van der Waals surface area contributed by atoms with Gasteiger partial charge in [-0.1, -0.05) is 207 Å². The van der Waals surface area contributed by atoms with Crippen LogP contribution in [-0.2, 0) is 28.7 Å². The highest BCUT2D eigenvalue weighted by Crippen LogP contribution is 2.17. The van der Waals surface area contributed by atoms with Crippen molar-refractivity contribution in [2.75, 3.05) is 0 Å². The Balaban J connectivity index is 3.43. The minimum atomic E-state index is -0.416. The minimum Gasteiger partial charge on any atom is -0.393 e. The van der Waals surface area contributed by atoms with Crippen molar-refractivity contribution in [3.05, 3.63) is 0 Å². The summed E-state index contributed by atoms with van der Waals surface area (Å²) in [7, 11) is 0. The molecule has 0 saturated heterocycles. The molecule has 0 aromatic rings. The van der Waals surface area contributed by atoms with Crippen LogP contribution in [0.4, 0.5) is 0 Å². The van der Waals surface area contributed by atoms with Crippen LogP contribution in [0.15, 0.2) is 0 Å². The predicted molar refractivity (Wildman–Crippen MR) is 218 cm³/mol. The summed E-state index contributed by atoms with van der Waals surface area (Å²) in [5.41, 5.74) is 0. The Kier molecular flexibility index (Phi) is 37.7. The Morgan fingerprint density at radius 2 is 0.423 bits per heavy atom. The van der Waals surface area contributed by atoms with Gasteiger partial charge in [0.25, 0.3) is 0 Å². The lowest BCUT2D eigenvalue weighted by molar-refractivity contribution is -0.161. The third-order valence-electron chi connectivity index (χ3n) is 10.3. The van der Waals surface area contributed by atoms with Crippen molar-refractivity contribution in [2.24, 2.45) is 11.8 Å². The fourth-order valence-electron chi connectivity index (χ4n) is 6.88. The summed E-state index contributed by atoms with van der Waals surface area (Å²) >= 11 is 0. The van der Waals surface area contributed by atoms with E-state index in [0.717, 1.165) is 76.0 Å². The van der Waals surface area contributed by atoms with Crippen molar-refractivity contribution in [1.82, 2.24) is 0 Å². The number of ether oxygens (including phenoxy) is 2. The first-order valence-electron chi connectivity index (χ1n) is 22.7. The van der Waals surface area contributed by atoms with Gasteiger partial charge >= 0.3 is 23.9 Å². The SMILES string of the molecule is CC(C)CCCCCCCCCCCCCCC(=O)OC(=O)CCCCCCCCC(=O)OC(=O)CCCCCCCCCCCCCCC(C)C. The number of unbranched alkanes of at least 4 members (excludes halogenated alkanes) is 27. The Labute approximate surface area is 322 Å². The average molecular weight is 735 g/mol. The molecule has 6 heteroatoms. The van der Waals surface area contributed by atoms with Crippen molar-refractivity contribution in [3.63, 3.8) is 0 Å². The van der Waals surface area contributed by atoms with E-state index >= 15 is 0 Å². The minimum absolute atomic E-state index is 0.275. The molecule has 0 atom stereocenters. The lowest BCUT2D eigenvalue weighted by Gasteiger charge is -2.05. The van der Waals surface area contributed by atoms with Gasteiger partial charge in [-0.3, -0.25) is 19.2 Å². The molecular weight excluding hydrogens is 648 g/mol. The summed E-state index contributed by atoms with van der Waals surface area (Å²) < 4.78 is 9.98. The van der Waals surface area contributed by atoms with Gasteiger partial charge in [-0.25, -0.2) is 0 Å². The molecular formula is C46H86O6. The molecule has 0 aliphatic carbocycles. The van der Waals surface area contributed by atoms with Gasteiger partial charge in [0.2, 0.25) is 0 Å². The highest BCUT2D eigenvalue weighted by atomic mass is 16.6. The Hall–Kier alpha value is -1.72. The summed E-state index contributed by atoms with van der Waals surface area (Å²) in [4.78, 5) is 47.9. The van der Waals surface area contributed by atoms with Gasteiger partial charge in [-0.15, -0.1) is 0 Å². The molecule has 0 fully saturated rings. The summed E-state index contributed by atoms with van der Waals surface area (Å²) in [6.07, 6.45) is 39.1. The van der Waals surface area contributed by atoms with Crippen LogP contribution in [0, 0.1) is 11.8 Å². The first-order chi connectivity index (χ1) is 25.2. The first kappa shape index (κ1) is 50.3. The molecule has 0 aromatic heterocycles. The zero-order chi connectivity index (χ0) is 38.3. The molecule has 0 aliphatic rings. The maximum atomic E-state index is 12.0. The second kappa shape index (κ2) is 39.0. The van der Waals surface area contributed by atoms with E-state index in [9.17, 15) is 19.2 Å². The first-order valence-corrected chi connectivity index (χ1v) is 22.7. The van der Waals surface area contributed by atoms with Crippen molar-refractivity contribution in [1.29, 1.82) is 0 Å². The van der Waals surface area contributed by atoms with E-state index in [4.69, 9.17) is 9.47 Å². The van der Waals surface area contributed by atoms with E-state index in [1.165, 1.54) is 128 Å². The fraction of sp³-hybridized carbons (Fsp3) is 0.913. The summed E-state index contributed by atoms with van der Waals surface area (Å²) in [5, 5.41) is 0. The summed E-state index contributed by atoms with van der Waals surface area (Å²) in [6.45, 7) is 9.22. The Morgan fingerprint density at radius 3 is 0.596 bits per heavy atom. The van der Waals surface area contributed by atoms with Crippen LogP contribution < -0.4 is 0 Å². The van der Waals surface area contributed by atoms with Crippen molar-refractivity contribution in [2.45, 2.75) is 259 Å². The third kappa shape index (κ3) is 41.0. The quantitative estimate of drug-likeness (QED) is 0.0355. The fourth-order valence-corrected chi connectivity index (χ4v) is 6.88. The summed E-state index contributed by atoms with van der Waals surface area (Å²) in [5.74, 6) is 0.0593. The number of carbonyl (C=O) groups is 4. The van der Waals surface area contributed by atoms with E-state index in [1.54, 1.807) is 0 Å². The number of esters is 4. The van der Waals surface area contributed by atoms with Gasteiger partial charge < -0.3 is 9.47 Å². The van der Waals surface area contributed by atoms with Crippen LogP contribution in [0.5, 0.6) is 0 Å². The van der Waals surface area contributed by atoms with E-state index in [2.05, 4.69) is 27.7 Å². The molecule has 0 aliphatic heterocycles. The maximum Gasteiger partial charge on any atom is 0.313 e. The molecule has 52 heavy (non-hydrogen) atoms.